The van der Waals surface area contributed by atoms with Crippen molar-refractivity contribution in [2.75, 3.05) is 19.7 Å². The first kappa shape index (κ1) is 13.0. The van der Waals surface area contributed by atoms with Gasteiger partial charge in [0, 0.05) is 13.1 Å². The molecular weight excluding hydrogens is 266 g/mol. The van der Waals surface area contributed by atoms with Gasteiger partial charge in [0.25, 0.3) is 0 Å². The fourth-order valence-electron chi connectivity index (χ4n) is 3.26. The van der Waals surface area contributed by atoms with Crippen LogP contribution in [0, 0.1) is 0 Å². The zero-order chi connectivity index (χ0) is 14.1. The second-order valence-corrected chi connectivity index (χ2v) is 5.70. The Bertz CT molecular complexity index is 619. The quantitative estimate of drug-likeness (QED) is 0.916. The van der Waals surface area contributed by atoms with E-state index in [1.165, 1.54) is 17.5 Å². The molecule has 0 saturated carbocycles. The van der Waals surface area contributed by atoms with E-state index in [0.29, 0.717) is 12.4 Å². The predicted octanol–water partition coefficient (Wildman–Crippen LogP) is 2.20. The van der Waals surface area contributed by atoms with Gasteiger partial charge in [-0.1, -0.05) is 29.4 Å². The van der Waals surface area contributed by atoms with Crippen LogP contribution in [-0.2, 0) is 11.2 Å². The van der Waals surface area contributed by atoms with Gasteiger partial charge >= 0.3 is 0 Å². The molecular formula is C16H19N3O2. The first-order valence-corrected chi connectivity index (χ1v) is 7.65. The lowest BCUT2D eigenvalue weighted by Gasteiger charge is -2.22. The van der Waals surface area contributed by atoms with Crippen molar-refractivity contribution in [3.05, 3.63) is 47.1 Å². The van der Waals surface area contributed by atoms with E-state index in [1.807, 2.05) is 0 Å². The number of benzene rings is 1. The molecule has 1 saturated heterocycles. The Balaban J connectivity index is 1.61. The zero-order valence-electron chi connectivity index (χ0n) is 11.9. The predicted molar refractivity (Wildman–Crippen MR) is 77.1 cm³/mol. The Morgan fingerprint density at radius 2 is 2.19 bits per heavy atom. The van der Waals surface area contributed by atoms with Crippen LogP contribution in [0.15, 0.2) is 28.8 Å². The number of rotatable bonds is 2. The third kappa shape index (κ3) is 2.47. The second kappa shape index (κ2) is 5.58. The lowest BCUT2D eigenvalue weighted by Crippen LogP contribution is -2.33. The first-order valence-electron chi connectivity index (χ1n) is 7.65. The Hall–Kier alpha value is -1.72. The maximum atomic E-state index is 5.69. The fourth-order valence-corrected chi connectivity index (χ4v) is 3.26. The number of hydrogen-bond donors (Lipinski definition) is 1. The molecule has 1 aliphatic carbocycles. The van der Waals surface area contributed by atoms with Gasteiger partial charge < -0.3 is 14.6 Å². The van der Waals surface area contributed by atoms with Gasteiger partial charge in [-0.25, -0.2) is 0 Å². The van der Waals surface area contributed by atoms with Crippen LogP contribution in [0.1, 0.15) is 47.7 Å². The number of morpholine rings is 1. The summed E-state index contributed by atoms with van der Waals surface area (Å²) >= 11 is 0. The van der Waals surface area contributed by atoms with Crippen molar-refractivity contribution < 1.29 is 9.26 Å². The van der Waals surface area contributed by atoms with Gasteiger partial charge in [-0.2, -0.15) is 4.98 Å². The van der Waals surface area contributed by atoms with E-state index in [4.69, 9.17) is 9.26 Å². The Labute approximate surface area is 123 Å². The van der Waals surface area contributed by atoms with Crippen LogP contribution in [0.4, 0.5) is 0 Å². The molecule has 1 aromatic carbocycles. The topological polar surface area (TPSA) is 60.2 Å². The number of hydrogen-bond acceptors (Lipinski definition) is 5. The smallest absolute Gasteiger partial charge is 0.234 e. The molecule has 1 aromatic heterocycles. The highest BCUT2D eigenvalue weighted by molar-refractivity contribution is 5.35. The van der Waals surface area contributed by atoms with Gasteiger partial charge in [0.1, 0.15) is 6.10 Å². The molecule has 4 rings (SSSR count). The number of aromatic nitrogens is 2. The highest BCUT2D eigenvalue weighted by Crippen LogP contribution is 2.36. The summed E-state index contributed by atoms with van der Waals surface area (Å²) < 4.78 is 11.2. The SMILES string of the molecule is c1ccc2c(c1)CCCC2c1nc(C2CNCCO2)no1. The first-order chi connectivity index (χ1) is 10.4. The van der Waals surface area contributed by atoms with Crippen molar-refractivity contribution in [2.24, 2.45) is 0 Å². The van der Waals surface area contributed by atoms with Crippen molar-refractivity contribution in [2.45, 2.75) is 31.3 Å². The summed E-state index contributed by atoms with van der Waals surface area (Å²) in [6, 6.07) is 8.57. The standard InChI is InChI=1S/C16H19N3O2/c1-2-6-12-11(4-1)5-3-7-13(12)16-18-15(19-21-16)14-10-17-8-9-20-14/h1-2,4,6,13-14,17H,3,5,7-10H2. The van der Waals surface area contributed by atoms with E-state index in [-0.39, 0.29) is 12.0 Å². The van der Waals surface area contributed by atoms with Gasteiger partial charge in [-0.05, 0) is 30.4 Å². The van der Waals surface area contributed by atoms with Crippen molar-refractivity contribution >= 4 is 0 Å². The van der Waals surface area contributed by atoms with Crippen LogP contribution in [0.2, 0.25) is 0 Å². The molecule has 0 amide bonds. The normalized spacial score (nSPS) is 25.5. The van der Waals surface area contributed by atoms with E-state index < -0.39 is 0 Å². The summed E-state index contributed by atoms with van der Waals surface area (Å²) in [7, 11) is 0. The molecule has 2 unspecified atom stereocenters. The lowest BCUT2D eigenvalue weighted by molar-refractivity contribution is 0.0208. The summed E-state index contributed by atoms with van der Waals surface area (Å²) in [4.78, 5) is 4.61. The Morgan fingerprint density at radius 1 is 1.24 bits per heavy atom. The summed E-state index contributed by atoms with van der Waals surface area (Å²) in [6.45, 7) is 2.33. The molecule has 0 radical (unpaired) electrons. The van der Waals surface area contributed by atoms with Crippen LogP contribution >= 0.6 is 0 Å². The molecule has 1 fully saturated rings. The number of fused-ring (bicyclic) bond motifs is 1. The molecule has 2 heterocycles. The third-order valence-electron chi connectivity index (χ3n) is 4.34. The summed E-state index contributed by atoms with van der Waals surface area (Å²) in [5, 5.41) is 7.43. The number of ether oxygens (including phenoxy) is 1. The average molecular weight is 285 g/mol. The minimum atomic E-state index is -0.0879. The van der Waals surface area contributed by atoms with Crippen LogP contribution < -0.4 is 5.32 Å². The van der Waals surface area contributed by atoms with Crippen molar-refractivity contribution in [3.63, 3.8) is 0 Å². The molecule has 110 valence electrons. The van der Waals surface area contributed by atoms with Gasteiger partial charge in [0.05, 0.1) is 12.5 Å². The van der Waals surface area contributed by atoms with E-state index in [0.717, 1.165) is 31.8 Å². The molecule has 1 N–H and O–H groups in total. The van der Waals surface area contributed by atoms with Crippen LogP contribution in [0.3, 0.4) is 0 Å². The van der Waals surface area contributed by atoms with Gasteiger partial charge in [0.2, 0.25) is 11.7 Å². The minimum absolute atomic E-state index is 0.0879. The van der Waals surface area contributed by atoms with E-state index in [1.54, 1.807) is 0 Å². The van der Waals surface area contributed by atoms with E-state index in [2.05, 4.69) is 39.7 Å². The van der Waals surface area contributed by atoms with E-state index >= 15 is 0 Å². The monoisotopic (exact) mass is 285 g/mol. The van der Waals surface area contributed by atoms with Crippen molar-refractivity contribution in [1.29, 1.82) is 0 Å². The number of aryl methyl sites for hydroxylation is 1. The summed E-state index contributed by atoms with van der Waals surface area (Å²) in [5.74, 6) is 1.62. The molecule has 1 aliphatic heterocycles. The molecule has 0 bridgehead atoms. The number of nitrogens with zero attached hydrogens (tertiary/aromatic N) is 2. The maximum absolute atomic E-state index is 5.69. The van der Waals surface area contributed by atoms with Crippen LogP contribution in [-0.4, -0.2) is 29.8 Å². The van der Waals surface area contributed by atoms with Gasteiger partial charge in [-0.15, -0.1) is 0 Å². The Morgan fingerprint density at radius 3 is 3.10 bits per heavy atom. The summed E-state index contributed by atoms with van der Waals surface area (Å²) in [5.41, 5.74) is 2.74. The number of nitrogens with one attached hydrogen (secondary N) is 1. The maximum Gasteiger partial charge on any atom is 0.234 e. The molecule has 5 nitrogen and oxygen atoms in total. The van der Waals surface area contributed by atoms with Gasteiger partial charge in [0.15, 0.2) is 0 Å². The van der Waals surface area contributed by atoms with Crippen molar-refractivity contribution in [1.82, 2.24) is 15.5 Å². The average Bonchev–Trinajstić information content (AvgIpc) is 3.05. The molecule has 2 aromatic rings. The van der Waals surface area contributed by atoms with Crippen molar-refractivity contribution in [3.8, 4) is 0 Å². The molecule has 0 spiro atoms. The second-order valence-electron chi connectivity index (χ2n) is 5.70. The largest absolute Gasteiger partial charge is 0.367 e. The van der Waals surface area contributed by atoms with Gasteiger partial charge in [-0.3, -0.25) is 0 Å². The van der Waals surface area contributed by atoms with Crippen LogP contribution in [0.25, 0.3) is 0 Å². The highest BCUT2D eigenvalue weighted by Gasteiger charge is 2.28. The van der Waals surface area contributed by atoms with Crippen LogP contribution in [0.5, 0.6) is 0 Å². The molecule has 2 atom stereocenters. The minimum Gasteiger partial charge on any atom is -0.367 e. The zero-order valence-corrected chi connectivity index (χ0v) is 11.9. The third-order valence-corrected chi connectivity index (χ3v) is 4.34. The molecule has 21 heavy (non-hydrogen) atoms. The lowest BCUT2D eigenvalue weighted by atomic mass is 9.83. The Kier molecular flexibility index (Phi) is 3.45. The molecule has 5 heteroatoms. The highest BCUT2D eigenvalue weighted by atomic mass is 16.5. The molecule has 2 aliphatic rings. The van der Waals surface area contributed by atoms with E-state index in [9.17, 15) is 0 Å². The fraction of sp³-hybridized carbons (Fsp3) is 0.500. The summed E-state index contributed by atoms with van der Waals surface area (Å²) in [6.07, 6.45) is 3.29.